The lowest BCUT2D eigenvalue weighted by Gasteiger charge is -2.11. The van der Waals surface area contributed by atoms with E-state index in [1.165, 1.54) is 18.2 Å². The molecule has 0 amide bonds. The smallest absolute Gasteiger partial charge is 0.310 e. The molecule has 68 valence electrons. The van der Waals surface area contributed by atoms with Gasteiger partial charge in [-0.05, 0) is 6.07 Å². The summed E-state index contributed by atoms with van der Waals surface area (Å²) in [6.07, 6.45) is 0. The van der Waals surface area contributed by atoms with Gasteiger partial charge in [0, 0.05) is 5.56 Å². The van der Waals surface area contributed by atoms with Crippen molar-refractivity contribution in [1.29, 1.82) is 0 Å². The molecule has 0 bridgehead atoms. The second-order valence-electron chi connectivity index (χ2n) is 2.50. The van der Waals surface area contributed by atoms with Gasteiger partial charge in [0.2, 0.25) is 0 Å². The normalized spacial score (nSPS) is 10.9. The van der Waals surface area contributed by atoms with Crippen LogP contribution >= 0.6 is 11.6 Å². The quantitative estimate of drug-likeness (QED) is 0.647. The molecule has 0 fully saturated rings. The molecule has 1 nitrogen and oxygen atoms in total. The Kier molecular flexibility index (Phi) is 2.84. The van der Waals surface area contributed by atoms with Crippen LogP contribution in [0, 0.1) is 6.57 Å². The minimum atomic E-state index is -3.15. The SMILES string of the molecule is [C-]#[N+]CC(F)(F)c1ccccc1Cl. The van der Waals surface area contributed by atoms with E-state index in [4.69, 9.17) is 18.2 Å². The first-order valence-corrected chi connectivity index (χ1v) is 3.92. The molecule has 1 aromatic carbocycles. The Morgan fingerprint density at radius 1 is 1.38 bits per heavy atom. The van der Waals surface area contributed by atoms with Crippen molar-refractivity contribution in [2.75, 3.05) is 6.54 Å². The third-order valence-electron chi connectivity index (χ3n) is 1.55. The minimum absolute atomic E-state index is 0.00356. The number of rotatable bonds is 2. The van der Waals surface area contributed by atoms with E-state index in [2.05, 4.69) is 4.85 Å². The average molecular weight is 202 g/mol. The van der Waals surface area contributed by atoms with Crippen LogP contribution in [0.1, 0.15) is 5.56 Å². The van der Waals surface area contributed by atoms with Crippen molar-refractivity contribution in [3.8, 4) is 0 Å². The maximum Gasteiger partial charge on any atom is 0.344 e. The summed E-state index contributed by atoms with van der Waals surface area (Å²) in [4.78, 5) is 2.67. The summed E-state index contributed by atoms with van der Waals surface area (Å²) >= 11 is 5.56. The first kappa shape index (κ1) is 9.94. The van der Waals surface area contributed by atoms with Crippen LogP contribution in [0.5, 0.6) is 0 Å². The van der Waals surface area contributed by atoms with E-state index in [0.29, 0.717) is 0 Å². The molecule has 0 aliphatic carbocycles. The highest BCUT2D eigenvalue weighted by atomic mass is 35.5. The summed E-state index contributed by atoms with van der Waals surface area (Å²) in [5, 5.41) is -0.00356. The summed E-state index contributed by atoms with van der Waals surface area (Å²) in [6.45, 7) is 5.52. The zero-order valence-electron chi connectivity index (χ0n) is 6.60. The van der Waals surface area contributed by atoms with Crippen LogP contribution in [-0.2, 0) is 5.92 Å². The Balaban J connectivity index is 3.08. The highest BCUT2D eigenvalue weighted by molar-refractivity contribution is 6.31. The van der Waals surface area contributed by atoms with Crippen LogP contribution in [0.2, 0.25) is 5.02 Å². The molecule has 4 heteroatoms. The minimum Gasteiger partial charge on any atom is -0.310 e. The van der Waals surface area contributed by atoms with E-state index in [1.807, 2.05) is 0 Å². The molecule has 0 N–H and O–H groups in total. The maximum absolute atomic E-state index is 13.1. The fourth-order valence-electron chi connectivity index (χ4n) is 0.942. The van der Waals surface area contributed by atoms with Crippen LogP contribution in [-0.4, -0.2) is 6.54 Å². The van der Waals surface area contributed by atoms with Crippen molar-refractivity contribution in [2.45, 2.75) is 5.92 Å². The standard InChI is InChI=1S/C9H6ClF2N/c1-13-6-9(11,12)7-4-2-3-5-8(7)10/h2-5H,6H2. The Morgan fingerprint density at radius 2 is 2.00 bits per heavy atom. The lowest BCUT2D eigenvalue weighted by Crippen LogP contribution is -2.16. The molecular formula is C9H6ClF2N. The number of alkyl halides is 2. The Labute approximate surface area is 79.8 Å². The second kappa shape index (κ2) is 3.71. The number of nitrogens with zero attached hydrogens (tertiary/aromatic N) is 1. The zero-order chi connectivity index (χ0) is 9.90. The molecule has 0 aliphatic heterocycles. The monoisotopic (exact) mass is 201 g/mol. The molecule has 0 saturated carbocycles. The van der Waals surface area contributed by atoms with Gasteiger partial charge in [-0.2, -0.15) is 8.78 Å². The van der Waals surface area contributed by atoms with Gasteiger partial charge in [0.15, 0.2) is 0 Å². The molecule has 0 atom stereocenters. The molecule has 0 spiro atoms. The summed E-state index contributed by atoms with van der Waals surface area (Å²) in [7, 11) is 0. The number of halogens is 3. The van der Waals surface area contributed by atoms with E-state index >= 15 is 0 Å². The molecule has 0 unspecified atom stereocenters. The van der Waals surface area contributed by atoms with Gasteiger partial charge in [0.1, 0.15) is 0 Å². The highest BCUT2D eigenvalue weighted by Gasteiger charge is 2.37. The fourth-order valence-corrected chi connectivity index (χ4v) is 1.22. The third-order valence-corrected chi connectivity index (χ3v) is 1.88. The van der Waals surface area contributed by atoms with Crippen LogP contribution in [0.4, 0.5) is 8.78 Å². The van der Waals surface area contributed by atoms with Crippen LogP contribution in [0.3, 0.4) is 0 Å². The molecule has 13 heavy (non-hydrogen) atoms. The summed E-state index contributed by atoms with van der Waals surface area (Å²) in [5.74, 6) is -3.15. The van der Waals surface area contributed by atoms with Crippen molar-refractivity contribution in [2.24, 2.45) is 0 Å². The van der Waals surface area contributed by atoms with Crippen molar-refractivity contribution in [3.05, 3.63) is 46.3 Å². The van der Waals surface area contributed by atoms with Gasteiger partial charge in [-0.1, -0.05) is 29.8 Å². The van der Waals surface area contributed by atoms with E-state index in [9.17, 15) is 8.78 Å². The Bertz CT molecular complexity index is 344. The first-order valence-electron chi connectivity index (χ1n) is 3.54. The molecule has 0 saturated heterocycles. The lowest BCUT2D eigenvalue weighted by atomic mass is 10.1. The molecule has 1 rings (SSSR count). The topological polar surface area (TPSA) is 4.36 Å². The number of benzene rings is 1. The van der Waals surface area contributed by atoms with Gasteiger partial charge in [0.05, 0.1) is 5.02 Å². The van der Waals surface area contributed by atoms with Gasteiger partial charge in [0.25, 0.3) is 6.54 Å². The van der Waals surface area contributed by atoms with E-state index in [-0.39, 0.29) is 10.6 Å². The zero-order valence-corrected chi connectivity index (χ0v) is 7.35. The molecule has 0 radical (unpaired) electrons. The molecule has 1 aromatic rings. The van der Waals surface area contributed by atoms with Crippen LogP contribution in [0.25, 0.3) is 4.85 Å². The van der Waals surface area contributed by atoms with Gasteiger partial charge in [-0.25, -0.2) is 6.57 Å². The predicted octanol–water partition coefficient (Wildman–Crippen LogP) is 3.35. The molecule has 0 aromatic heterocycles. The van der Waals surface area contributed by atoms with Crippen molar-refractivity contribution >= 4 is 11.6 Å². The van der Waals surface area contributed by atoms with Crippen molar-refractivity contribution in [3.63, 3.8) is 0 Å². The molecule has 0 heterocycles. The average Bonchev–Trinajstić information content (AvgIpc) is 2.04. The van der Waals surface area contributed by atoms with Gasteiger partial charge < -0.3 is 4.85 Å². The van der Waals surface area contributed by atoms with E-state index in [0.717, 1.165) is 0 Å². The number of hydrogen-bond donors (Lipinski definition) is 0. The van der Waals surface area contributed by atoms with Crippen molar-refractivity contribution in [1.82, 2.24) is 0 Å². The summed E-state index contributed by atoms with van der Waals surface area (Å²) in [5.41, 5.74) is -0.285. The summed E-state index contributed by atoms with van der Waals surface area (Å²) in [6, 6.07) is 5.65. The van der Waals surface area contributed by atoms with Crippen LogP contribution < -0.4 is 0 Å². The van der Waals surface area contributed by atoms with Gasteiger partial charge in [-0.3, -0.25) is 0 Å². The van der Waals surface area contributed by atoms with Gasteiger partial charge in [-0.15, -0.1) is 0 Å². The Morgan fingerprint density at radius 3 is 2.54 bits per heavy atom. The second-order valence-corrected chi connectivity index (χ2v) is 2.91. The predicted molar refractivity (Wildman–Crippen MR) is 46.8 cm³/mol. The largest absolute Gasteiger partial charge is 0.344 e. The Hall–Kier alpha value is -1.14. The number of hydrogen-bond acceptors (Lipinski definition) is 0. The summed E-state index contributed by atoms with van der Waals surface area (Å²) < 4.78 is 26.2. The first-order chi connectivity index (χ1) is 6.08. The van der Waals surface area contributed by atoms with Gasteiger partial charge >= 0.3 is 5.92 Å². The molecular weight excluding hydrogens is 196 g/mol. The fraction of sp³-hybridized carbons (Fsp3) is 0.222. The van der Waals surface area contributed by atoms with E-state index < -0.39 is 12.5 Å². The lowest BCUT2D eigenvalue weighted by molar-refractivity contribution is 0.0143. The van der Waals surface area contributed by atoms with Crippen LogP contribution in [0.15, 0.2) is 24.3 Å². The third kappa shape index (κ3) is 2.16. The highest BCUT2D eigenvalue weighted by Crippen LogP contribution is 2.33. The van der Waals surface area contributed by atoms with Crippen molar-refractivity contribution < 1.29 is 8.78 Å². The molecule has 0 aliphatic rings. The van der Waals surface area contributed by atoms with E-state index in [1.54, 1.807) is 6.07 Å². The maximum atomic E-state index is 13.1.